The monoisotopic (exact) mass is 194 g/mol. The molecule has 0 saturated carbocycles. The molecule has 0 aliphatic rings. The minimum absolute atomic E-state index is 0.363. The second-order valence-corrected chi connectivity index (χ2v) is 4.79. The Hall–Kier alpha value is 0.660. The Balaban J connectivity index is 3.23. The van der Waals surface area contributed by atoms with Gasteiger partial charge in [-0.05, 0) is 16.9 Å². The summed E-state index contributed by atoms with van der Waals surface area (Å²) in [5.74, 6) is 3.21. The van der Waals surface area contributed by atoms with E-state index < -0.39 is 0 Å². The minimum atomic E-state index is 0.363. The molecule has 1 nitrogen and oxygen atoms in total. The van der Waals surface area contributed by atoms with Crippen molar-refractivity contribution in [3.8, 4) is 0 Å². The lowest BCUT2D eigenvalue weighted by molar-refractivity contribution is 0.218. The SMILES string of the molecule is COCCSCC(C)(C)CS. The predicted molar refractivity (Wildman–Crippen MR) is 56.8 cm³/mol. The highest BCUT2D eigenvalue weighted by Gasteiger charge is 2.14. The van der Waals surface area contributed by atoms with Gasteiger partial charge in [-0.3, -0.25) is 0 Å². The fraction of sp³-hybridized carbons (Fsp3) is 1.00. The first kappa shape index (κ1) is 11.7. The molecule has 0 aromatic rings. The lowest BCUT2D eigenvalue weighted by Gasteiger charge is -2.20. The van der Waals surface area contributed by atoms with E-state index in [0.717, 1.165) is 18.1 Å². The Kier molecular flexibility index (Phi) is 6.58. The van der Waals surface area contributed by atoms with Crippen LogP contribution in [0.15, 0.2) is 0 Å². The normalized spacial score (nSPS) is 12.0. The Morgan fingerprint density at radius 2 is 2.09 bits per heavy atom. The van der Waals surface area contributed by atoms with Crippen LogP contribution in [0.2, 0.25) is 0 Å². The van der Waals surface area contributed by atoms with Crippen LogP contribution in [0.5, 0.6) is 0 Å². The Morgan fingerprint density at radius 3 is 2.55 bits per heavy atom. The number of thioether (sulfide) groups is 1. The van der Waals surface area contributed by atoms with Crippen LogP contribution in [0, 0.1) is 5.41 Å². The third-order valence-electron chi connectivity index (χ3n) is 1.35. The van der Waals surface area contributed by atoms with Gasteiger partial charge < -0.3 is 4.74 Å². The summed E-state index contributed by atoms with van der Waals surface area (Å²) in [6, 6.07) is 0. The van der Waals surface area contributed by atoms with Gasteiger partial charge in [0.2, 0.25) is 0 Å². The first-order valence-electron chi connectivity index (χ1n) is 3.80. The summed E-state index contributed by atoms with van der Waals surface area (Å²) in [5, 5.41) is 0. The van der Waals surface area contributed by atoms with Gasteiger partial charge in [-0.15, -0.1) is 0 Å². The highest BCUT2D eigenvalue weighted by molar-refractivity contribution is 7.99. The maximum absolute atomic E-state index is 4.95. The van der Waals surface area contributed by atoms with Gasteiger partial charge in [-0.1, -0.05) is 13.8 Å². The topological polar surface area (TPSA) is 9.23 Å². The molecule has 68 valence electrons. The van der Waals surface area contributed by atoms with Gasteiger partial charge in [0.1, 0.15) is 0 Å². The smallest absolute Gasteiger partial charge is 0.0552 e. The highest BCUT2D eigenvalue weighted by Crippen LogP contribution is 2.22. The van der Waals surface area contributed by atoms with Crippen molar-refractivity contribution in [3.05, 3.63) is 0 Å². The number of rotatable bonds is 6. The van der Waals surface area contributed by atoms with Crippen LogP contribution >= 0.6 is 24.4 Å². The van der Waals surface area contributed by atoms with Crippen molar-refractivity contribution < 1.29 is 4.74 Å². The molecule has 0 aromatic heterocycles. The summed E-state index contributed by atoms with van der Waals surface area (Å²) in [6.07, 6.45) is 0. The van der Waals surface area contributed by atoms with E-state index >= 15 is 0 Å². The predicted octanol–water partition coefficient (Wildman–Crippen LogP) is 2.32. The maximum Gasteiger partial charge on any atom is 0.0552 e. The van der Waals surface area contributed by atoms with Crippen LogP contribution < -0.4 is 0 Å². The number of thiol groups is 1. The molecule has 0 N–H and O–H groups in total. The molecule has 0 radical (unpaired) electrons. The van der Waals surface area contributed by atoms with Crippen molar-refractivity contribution >= 4 is 24.4 Å². The Morgan fingerprint density at radius 1 is 1.45 bits per heavy atom. The van der Waals surface area contributed by atoms with Gasteiger partial charge in [0, 0.05) is 12.9 Å². The number of ether oxygens (including phenoxy) is 1. The molecular formula is C8H18OS2. The number of hydrogen-bond donors (Lipinski definition) is 1. The molecule has 3 heteroatoms. The van der Waals surface area contributed by atoms with Gasteiger partial charge in [0.25, 0.3) is 0 Å². The van der Waals surface area contributed by atoms with Crippen molar-refractivity contribution in [3.63, 3.8) is 0 Å². The number of hydrogen-bond acceptors (Lipinski definition) is 3. The van der Waals surface area contributed by atoms with Crippen molar-refractivity contribution in [2.75, 3.05) is 31.0 Å². The average molecular weight is 194 g/mol. The van der Waals surface area contributed by atoms with Gasteiger partial charge in [-0.25, -0.2) is 0 Å². The Labute approximate surface area is 79.7 Å². The molecular weight excluding hydrogens is 176 g/mol. The van der Waals surface area contributed by atoms with Crippen molar-refractivity contribution in [1.82, 2.24) is 0 Å². The first-order valence-corrected chi connectivity index (χ1v) is 5.58. The zero-order valence-corrected chi connectivity index (χ0v) is 9.30. The minimum Gasteiger partial charge on any atom is -0.384 e. The molecule has 0 aliphatic carbocycles. The van der Waals surface area contributed by atoms with Crippen molar-refractivity contribution in [2.45, 2.75) is 13.8 Å². The molecule has 0 aliphatic heterocycles. The van der Waals surface area contributed by atoms with E-state index in [1.54, 1.807) is 7.11 Å². The Bertz CT molecular complexity index is 94.1. The van der Waals surface area contributed by atoms with Crippen LogP contribution in [-0.4, -0.2) is 31.0 Å². The van der Waals surface area contributed by atoms with E-state index in [1.165, 1.54) is 5.75 Å². The summed E-state index contributed by atoms with van der Waals surface area (Å²) in [6.45, 7) is 5.33. The van der Waals surface area contributed by atoms with Gasteiger partial charge in [-0.2, -0.15) is 24.4 Å². The van der Waals surface area contributed by atoms with E-state index in [4.69, 9.17) is 4.74 Å². The molecule has 0 amide bonds. The average Bonchev–Trinajstić information content (AvgIpc) is 1.99. The zero-order chi connectivity index (χ0) is 8.74. The third kappa shape index (κ3) is 7.04. The third-order valence-corrected chi connectivity index (χ3v) is 3.65. The number of methoxy groups -OCH3 is 1. The van der Waals surface area contributed by atoms with Crippen molar-refractivity contribution in [1.29, 1.82) is 0 Å². The molecule has 0 atom stereocenters. The van der Waals surface area contributed by atoms with Crippen LogP contribution in [0.3, 0.4) is 0 Å². The molecule has 0 unspecified atom stereocenters. The van der Waals surface area contributed by atoms with Crippen LogP contribution in [-0.2, 0) is 4.74 Å². The van der Waals surface area contributed by atoms with Crippen LogP contribution in [0.25, 0.3) is 0 Å². The van der Waals surface area contributed by atoms with E-state index in [-0.39, 0.29) is 0 Å². The summed E-state index contributed by atoms with van der Waals surface area (Å²) in [4.78, 5) is 0. The van der Waals surface area contributed by atoms with E-state index in [9.17, 15) is 0 Å². The molecule has 0 aromatic carbocycles. The molecule has 0 bridgehead atoms. The molecule has 0 spiro atoms. The molecule has 0 rings (SSSR count). The van der Waals surface area contributed by atoms with E-state index in [2.05, 4.69) is 26.5 Å². The second-order valence-electron chi connectivity index (χ2n) is 3.37. The molecule has 11 heavy (non-hydrogen) atoms. The maximum atomic E-state index is 4.95. The molecule has 0 fully saturated rings. The van der Waals surface area contributed by atoms with Gasteiger partial charge in [0.05, 0.1) is 6.61 Å². The lowest BCUT2D eigenvalue weighted by Crippen LogP contribution is -2.17. The summed E-state index contributed by atoms with van der Waals surface area (Å²) in [7, 11) is 1.74. The first-order chi connectivity index (χ1) is 5.12. The molecule has 0 saturated heterocycles. The quantitative estimate of drug-likeness (QED) is 0.513. The van der Waals surface area contributed by atoms with Crippen molar-refractivity contribution in [2.24, 2.45) is 5.41 Å². The molecule has 0 heterocycles. The largest absolute Gasteiger partial charge is 0.384 e. The van der Waals surface area contributed by atoms with Crippen LogP contribution in [0.4, 0.5) is 0 Å². The standard InChI is InChI=1S/C8H18OS2/c1-8(2,6-10)7-11-5-4-9-3/h10H,4-7H2,1-3H3. The lowest BCUT2D eigenvalue weighted by atomic mass is 10.0. The summed E-state index contributed by atoms with van der Waals surface area (Å²) < 4.78 is 4.95. The second kappa shape index (κ2) is 6.21. The summed E-state index contributed by atoms with van der Waals surface area (Å²) in [5.41, 5.74) is 0.363. The fourth-order valence-electron chi connectivity index (χ4n) is 0.536. The van der Waals surface area contributed by atoms with E-state index in [0.29, 0.717) is 5.41 Å². The van der Waals surface area contributed by atoms with Crippen LogP contribution in [0.1, 0.15) is 13.8 Å². The zero-order valence-electron chi connectivity index (χ0n) is 7.59. The van der Waals surface area contributed by atoms with Gasteiger partial charge in [0.15, 0.2) is 0 Å². The highest BCUT2D eigenvalue weighted by atomic mass is 32.2. The summed E-state index contributed by atoms with van der Waals surface area (Å²) >= 11 is 6.22. The van der Waals surface area contributed by atoms with E-state index in [1.807, 2.05) is 11.8 Å². The van der Waals surface area contributed by atoms with Gasteiger partial charge >= 0.3 is 0 Å². The fourth-order valence-corrected chi connectivity index (χ4v) is 1.88.